The molecule has 8 heavy (non-hydrogen) atoms. The third kappa shape index (κ3) is 2.85. The van der Waals surface area contributed by atoms with Crippen molar-refractivity contribution in [1.82, 2.24) is 0 Å². The fourth-order valence-corrected chi connectivity index (χ4v) is 0. The summed E-state index contributed by atoms with van der Waals surface area (Å²) in [5.41, 5.74) is 0. The van der Waals surface area contributed by atoms with Crippen molar-refractivity contribution in [3.8, 4) is 0 Å². The Morgan fingerprint density at radius 2 is 1.38 bits per heavy atom. The normalized spacial score (nSPS) is 14.2. The molecule has 50 valence electrons. The van der Waals surface area contributed by atoms with E-state index in [9.17, 15) is 13.2 Å². The molecule has 0 aliphatic heterocycles. The second-order valence-electron chi connectivity index (χ2n) is 1.39. The number of halogens is 5. The van der Waals surface area contributed by atoms with Gasteiger partial charge in [-0.3, -0.25) is 0 Å². The standard InChI is InChI=1S/C2H3F3I2Si/c1-8(6,7)2(3,4)5/h1H3. The molecule has 0 aliphatic carbocycles. The average Bonchev–Trinajstić information content (AvgIpc) is 1.25. The second kappa shape index (κ2) is 2.60. The molecule has 0 spiro atoms. The Labute approximate surface area is 71.7 Å². The van der Waals surface area contributed by atoms with E-state index >= 15 is 0 Å². The average molecular weight is 366 g/mol. The molecule has 0 aromatic rings. The summed E-state index contributed by atoms with van der Waals surface area (Å²) in [7, 11) is 0. The highest BCUT2D eigenvalue weighted by Gasteiger charge is 2.49. The maximum absolute atomic E-state index is 11.6. The van der Waals surface area contributed by atoms with E-state index in [-0.39, 0.29) is 0 Å². The van der Waals surface area contributed by atoms with E-state index in [0.717, 1.165) is 0 Å². The largest absolute Gasteiger partial charge is 0.382 e. The minimum absolute atomic E-state index is 1.26. The maximum atomic E-state index is 11.6. The van der Waals surface area contributed by atoms with Crippen molar-refractivity contribution in [2.45, 2.75) is 12.3 Å². The molecule has 0 saturated carbocycles. The Kier molecular flexibility index (Phi) is 3.08. The molecule has 0 aromatic heterocycles. The van der Waals surface area contributed by atoms with Crippen molar-refractivity contribution in [3.05, 3.63) is 0 Å². The zero-order chi connectivity index (χ0) is 7.00. The molecule has 0 rings (SSSR count). The van der Waals surface area contributed by atoms with Gasteiger partial charge < -0.3 is 0 Å². The molecule has 0 radical (unpaired) electrons. The van der Waals surface area contributed by atoms with Crippen LogP contribution < -0.4 is 0 Å². The van der Waals surface area contributed by atoms with Crippen LogP contribution >= 0.6 is 43.6 Å². The van der Waals surface area contributed by atoms with Gasteiger partial charge in [0.1, 0.15) is 0 Å². The molecule has 0 aliphatic rings. The lowest BCUT2D eigenvalue weighted by Gasteiger charge is -2.14. The summed E-state index contributed by atoms with van der Waals surface area (Å²) in [6.07, 6.45) is 0. The summed E-state index contributed by atoms with van der Waals surface area (Å²) < 4.78 is 31.9. The molecule has 0 atom stereocenters. The summed E-state index contributed by atoms with van der Waals surface area (Å²) in [5.74, 6) is -3.95. The first kappa shape index (κ1) is 9.47. The van der Waals surface area contributed by atoms with Crippen LogP contribution in [0.5, 0.6) is 0 Å². The molecule has 0 bridgehead atoms. The molecule has 0 amide bonds. The summed E-state index contributed by atoms with van der Waals surface area (Å²) in [6.45, 7) is 1.26. The Morgan fingerprint density at radius 1 is 1.25 bits per heavy atom. The lowest BCUT2D eigenvalue weighted by Crippen LogP contribution is -2.34. The van der Waals surface area contributed by atoms with E-state index in [1.807, 2.05) is 0 Å². The number of hydrogen-bond donors (Lipinski definition) is 0. The zero-order valence-corrected chi connectivity index (χ0v) is 9.20. The van der Waals surface area contributed by atoms with E-state index in [2.05, 4.69) is 0 Å². The van der Waals surface area contributed by atoms with Crippen molar-refractivity contribution < 1.29 is 13.2 Å². The fraction of sp³-hybridized carbons (Fsp3) is 1.00. The van der Waals surface area contributed by atoms with Crippen LogP contribution in [0.15, 0.2) is 0 Å². The van der Waals surface area contributed by atoms with Gasteiger partial charge >= 0.3 is 8.87 Å². The van der Waals surface area contributed by atoms with E-state index in [4.69, 9.17) is 0 Å². The van der Waals surface area contributed by atoms with E-state index < -0.39 is 8.87 Å². The summed E-state index contributed by atoms with van der Waals surface area (Å²) in [6, 6.07) is 0. The Hall–Kier alpha value is 1.47. The summed E-state index contributed by atoms with van der Waals surface area (Å²) in [5, 5.41) is 0. The maximum Gasteiger partial charge on any atom is 0.382 e. The predicted octanol–water partition coefficient (Wildman–Crippen LogP) is 3.03. The molecular formula is C2H3F3I2Si. The van der Waals surface area contributed by atoms with Gasteiger partial charge in [0.15, 0.2) is 0 Å². The van der Waals surface area contributed by atoms with Crippen LogP contribution in [0.25, 0.3) is 0 Å². The highest BCUT2D eigenvalue weighted by Crippen LogP contribution is 2.38. The molecule has 6 heteroatoms. The topological polar surface area (TPSA) is 0 Å². The molecule has 0 nitrogen and oxygen atoms in total. The van der Waals surface area contributed by atoms with Crippen molar-refractivity contribution in [2.75, 3.05) is 0 Å². The predicted molar refractivity (Wildman–Crippen MR) is 45.7 cm³/mol. The third-order valence-electron chi connectivity index (χ3n) is 0.498. The summed E-state index contributed by atoms with van der Waals surface area (Å²) >= 11 is 2.97. The van der Waals surface area contributed by atoms with Gasteiger partial charge in [-0.05, 0) is 6.55 Å². The SMILES string of the molecule is C[Si](I)(I)C(F)(F)F. The van der Waals surface area contributed by atoms with Crippen molar-refractivity contribution in [1.29, 1.82) is 0 Å². The van der Waals surface area contributed by atoms with Crippen LogP contribution in [0.4, 0.5) is 13.2 Å². The van der Waals surface area contributed by atoms with Crippen molar-refractivity contribution >= 4 is 46.7 Å². The molecule has 0 fully saturated rings. The van der Waals surface area contributed by atoms with E-state index in [1.165, 1.54) is 50.1 Å². The molecule has 0 aromatic carbocycles. The van der Waals surface area contributed by atoms with Crippen molar-refractivity contribution in [2.24, 2.45) is 0 Å². The van der Waals surface area contributed by atoms with E-state index in [0.29, 0.717) is 0 Å². The number of hydrogen-bond acceptors (Lipinski definition) is 0. The van der Waals surface area contributed by atoms with Gasteiger partial charge in [-0.15, -0.1) is 0 Å². The van der Waals surface area contributed by atoms with E-state index in [1.54, 1.807) is 0 Å². The number of rotatable bonds is 0. The third-order valence-corrected chi connectivity index (χ3v) is 5.16. The lowest BCUT2D eigenvalue weighted by molar-refractivity contribution is -0.0480. The van der Waals surface area contributed by atoms with Gasteiger partial charge in [0, 0.05) is 0 Å². The van der Waals surface area contributed by atoms with Crippen LogP contribution in [0, 0.1) is 0 Å². The monoisotopic (exact) mass is 366 g/mol. The molecule has 0 N–H and O–H groups in total. The first-order chi connectivity index (χ1) is 3.25. The van der Waals surface area contributed by atoms with Gasteiger partial charge in [0.05, 0.1) is 0 Å². The minimum Gasteiger partial charge on any atom is -0.175 e. The van der Waals surface area contributed by atoms with Gasteiger partial charge in [0.2, 0.25) is 0 Å². The quantitative estimate of drug-likeness (QED) is 0.351. The molecule has 0 heterocycles. The first-order valence-corrected chi connectivity index (χ1v) is 10.4. The van der Waals surface area contributed by atoms with Gasteiger partial charge in [-0.1, -0.05) is 43.6 Å². The second-order valence-corrected chi connectivity index (χ2v) is 22.9. The molecule has 0 saturated heterocycles. The highest BCUT2D eigenvalue weighted by molar-refractivity contribution is 14.3. The Bertz CT molecular complexity index is 70.3. The highest BCUT2D eigenvalue weighted by atomic mass is 127. The van der Waals surface area contributed by atoms with Gasteiger partial charge in [-0.25, -0.2) is 0 Å². The van der Waals surface area contributed by atoms with Crippen LogP contribution in [0.2, 0.25) is 6.55 Å². The number of alkyl halides is 3. The van der Waals surface area contributed by atoms with Crippen LogP contribution in [-0.4, -0.2) is 8.87 Å². The van der Waals surface area contributed by atoms with Gasteiger partial charge in [0.25, 0.3) is 0 Å². The first-order valence-electron chi connectivity index (χ1n) is 1.69. The molecular weight excluding hydrogens is 363 g/mol. The van der Waals surface area contributed by atoms with Crippen LogP contribution in [-0.2, 0) is 0 Å². The van der Waals surface area contributed by atoms with Crippen LogP contribution in [0.3, 0.4) is 0 Å². The smallest absolute Gasteiger partial charge is 0.175 e. The van der Waals surface area contributed by atoms with Gasteiger partial charge in [-0.2, -0.15) is 13.2 Å². The Morgan fingerprint density at radius 3 is 1.38 bits per heavy atom. The molecule has 0 unspecified atom stereocenters. The zero-order valence-electron chi connectivity index (χ0n) is 3.89. The van der Waals surface area contributed by atoms with Crippen molar-refractivity contribution in [3.63, 3.8) is 0 Å². The fourth-order valence-electron chi connectivity index (χ4n) is 0. The lowest BCUT2D eigenvalue weighted by atomic mass is 11.5. The van der Waals surface area contributed by atoms with Crippen LogP contribution in [0.1, 0.15) is 0 Å². The summed E-state index contributed by atoms with van der Waals surface area (Å²) in [4.78, 5) is 0. The minimum atomic E-state index is -3.95. The Balaban J connectivity index is 4.02.